The quantitative estimate of drug-likeness (QED) is 0.684. The molecule has 0 aliphatic carbocycles. The summed E-state index contributed by atoms with van der Waals surface area (Å²) in [6, 6.07) is 17.5. The summed E-state index contributed by atoms with van der Waals surface area (Å²) in [5.41, 5.74) is 2.66. The molecular formula is C22H23N3O3. The summed E-state index contributed by atoms with van der Waals surface area (Å²) in [5, 5.41) is 0.985. The molecule has 2 heterocycles. The molecule has 4 rings (SSSR count). The van der Waals surface area contributed by atoms with Gasteiger partial charge in [-0.05, 0) is 24.3 Å². The summed E-state index contributed by atoms with van der Waals surface area (Å²) in [7, 11) is 1.78. The van der Waals surface area contributed by atoms with Gasteiger partial charge in [0, 0.05) is 31.7 Å². The van der Waals surface area contributed by atoms with Crippen LogP contribution in [-0.2, 0) is 9.53 Å². The van der Waals surface area contributed by atoms with E-state index in [0.29, 0.717) is 19.0 Å². The molecule has 1 saturated heterocycles. The summed E-state index contributed by atoms with van der Waals surface area (Å²) in [4.78, 5) is 21.1. The average Bonchev–Trinajstić information content (AvgIpc) is 2.77. The number of anilines is 2. The highest BCUT2D eigenvalue weighted by Gasteiger charge is 2.20. The fourth-order valence-electron chi connectivity index (χ4n) is 3.38. The number of fused-ring (bicyclic) bond motifs is 1. The van der Waals surface area contributed by atoms with Crippen molar-refractivity contribution in [2.24, 2.45) is 0 Å². The lowest BCUT2D eigenvalue weighted by molar-refractivity contribution is -0.120. The first-order valence-electron chi connectivity index (χ1n) is 9.39. The third-order valence-corrected chi connectivity index (χ3v) is 4.92. The summed E-state index contributed by atoms with van der Waals surface area (Å²) in [6.07, 6.45) is 1.72. The van der Waals surface area contributed by atoms with E-state index >= 15 is 0 Å². The van der Waals surface area contributed by atoms with Crippen LogP contribution in [0.3, 0.4) is 0 Å². The molecule has 0 unspecified atom stereocenters. The number of hydrogen-bond donors (Lipinski definition) is 0. The van der Waals surface area contributed by atoms with E-state index in [0.717, 1.165) is 35.4 Å². The van der Waals surface area contributed by atoms with Gasteiger partial charge in [-0.2, -0.15) is 0 Å². The molecule has 3 aromatic rings. The minimum Gasteiger partial charge on any atom is -0.481 e. The van der Waals surface area contributed by atoms with Crippen molar-refractivity contribution in [1.29, 1.82) is 0 Å². The molecule has 1 aliphatic heterocycles. The molecule has 1 fully saturated rings. The number of aromatic nitrogens is 1. The number of morpholine rings is 1. The van der Waals surface area contributed by atoms with Crippen molar-refractivity contribution in [3.05, 3.63) is 60.8 Å². The standard InChI is InChI=1S/C22H23N3O3/c1-24(18-8-2-3-9-19(18)25-12-14-27-15-13-25)21(26)16-28-20-10-4-6-17-7-5-11-23-22(17)20/h2-11H,12-16H2,1H3. The zero-order valence-corrected chi connectivity index (χ0v) is 15.9. The number of benzene rings is 2. The van der Waals surface area contributed by atoms with Gasteiger partial charge < -0.3 is 19.3 Å². The predicted octanol–water partition coefficient (Wildman–Crippen LogP) is 3.11. The molecular weight excluding hydrogens is 354 g/mol. The lowest BCUT2D eigenvalue weighted by atomic mass is 10.2. The second-order valence-electron chi connectivity index (χ2n) is 6.66. The normalized spacial score (nSPS) is 14.1. The first-order valence-corrected chi connectivity index (χ1v) is 9.39. The van der Waals surface area contributed by atoms with Gasteiger partial charge in [0.1, 0.15) is 11.3 Å². The monoisotopic (exact) mass is 377 g/mol. The van der Waals surface area contributed by atoms with Crippen LogP contribution in [0.1, 0.15) is 0 Å². The SMILES string of the molecule is CN(C(=O)COc1cccc2cccnc12)c1ccccc1N1CCOCC1. The summed E-state index contributed by atoms with van der Waals surface area (Å²) < 4.78 is 11.3. The van der Waals surface area contributed by atoms with E-state index < -0.39 is 0 Å². The molecule has 6 heteroatoms. The maximum absolute atomic E-state index is 12.8. The molecule has 0 bridgehead atoms. The Hall–Kier alpha value is -3.12. The predicted molar refractivity (Wildman–Crippen MR) is 110 cm³/mol. The van der Waals surface area contributed by atoms with E-state index in [-0.39, 0.29) is 12.5 Å². The summed E-state index contributed by atoms with van der Waals surface area (Å²) in [6.45, 7) is 2.98. The Bertz CT molecular complexity index is 965. The topological polar surface area (TPSA) is 54.9 Å². The molecule has 0 radical (unpaired) electrons. The Morgan fingerprint density at radius 3 is 2.75 bits per heavy atom. The fraction of sp³-hybridized carbons (Fsp3) is 0.273. The molecule has 1 aromatic heterocycles. The number of carbonyl (C=O) groups is 1. The van der Waals surface area contributed by atoms with E-state index in [9.17, 15) is 4.79 Å². The Morgan fingerprint density at radius 1 is 1.11 bits per heavy atom. The molecule has 6 nitrogen and oxygen atoms in total. The van der Waals surface area contributed by atoms with E-state index in [1.54, 1.807) is 18.1 Å². The van der Waals surface area contributed by atoms with Crippen LogP contribution in [0.25, 0.3) is 10.9 Å². The first kappa shape index (κ1) is 18.3. The van der Waals surface area contributed by atoms with Crippen molar-refractivity contribution in [3.8, 4) is 5.75 Å². The maximum atomic E-state index is 12.8. The van der Waals surface area contributed by atoms with Crippen LogP contribution in [0.5, 0.6) is 5.75 Å². The van der Waals surface area contributed by atoms with Crippen molar-refractivity contribution in [2.75, 3.05) is 49.8 Å². The van der Waals surface area contributed by atoms with Crippen LogP contribution >= 0.6 is 0 Å². The number of amides is 1. The van der Waals surface area contributed by atoms with Crippen LogP contribution in [0.4, 0.5) is 11.4 Å². The highest BCUT2D eigenvalue weighted by atomic mass is 16.5. The van der Waals surface area contributed by atoms with Crippen LogP contribution in [0, 0.1) is 0 Å². The van der Waals surface area contributed by atoms with Crippen molar-refractivity contribution < 1.29 is 14.3 Å². The molecule has 1 aliphatic rings. The highest BCUT2D eigenvalue weighted by molar-refractivity contribution is 5.97. The van der Waals surface area contributed by atoms with Crippen LogP contribution in [0.15, 0.2) is 60.8 Å². The third-order valence-electron chi connectivity index (χ3n) is 4.92. The second-order valence-corrected chi connectivity index (χ2v) is 6.66. The first-order chi connectivity index (χ1) is 13.7. The number of rotatable bonds is 5. The highest BCUT2D eigenvalue weighted by Crippen LogP contribution is 2.29. The smallest absolute Gasteiger partial charge is 0.264 e. The zero-order chi connectivity index (χ0) is 19.3. The average molecular weight is 377 g/mol. The van der Waals surface area contributed by atoms with Gasteiger partial charge in [0.05, 0.1) is 24.6 Å². The van der Waals surface area contributed by atoms with Gasteiger partial charge >= 0.3 is 0 Å². The molecule has 2 aromatic carbocycles. The molecule has 28 heavy (non-hydrogen) atoms. The van der Waals surface area contributed by atoms with E-state index in [4.69, 9.17) is 9.47 Å². The van der Waals surface area contributed by atoms with Crippen molar-refractivity contribution in [1.82, 2.24) is 4.98 Å². The van der Waals surface area contributed by atoms with Gasteiger partial charge in [-0.1, -0.05) is 30.3 Å². The van der Waals surface area contributed by atoms with Crippen LogP contribution in [-0.4, -0.2) is 50.8 Å². The Morgan fingerprint density at radius 2 is 1.89 bits per heavy atom. The zero-order valence-electron chi connectivity index (χ0n) is 15.9. The Kier molecular flexibility index (Phi) is 5.39. The Balaban J connectivity index is 1.49. The fourth-order valence-corrected chi connectivity index (χ4v) is 3.38. The van der Waals surface area contributed by atoms with Gasteiger partial charge in [0.25, 0.3) is 5.91 Å². The molecule has 1 amide bonds. The Labute approximate surface area is 164 Å². The van der Waals surface area contributed by atoms with Gasteiger partial charge in [0.2, 0.25) is 0 Å². The lowest BCUT2D eigenvalue weighted by Gasteiger charge is -2.32. The number of likely N-dealkylation sites (N-methyl/N-ethyl adjacent to an activating group) is 1. The van der Waals surface area contributed by atoms with Crippen molar-refractivity contribution in [2.45, 2.75) is 0 Å². The van der Waals surface area contributed by atoms with Crippen LogP contribution in [0.2, 0.25) is 0 Å². The largest absolute Gasteiger partial charge is 0.481 e. The van der Waals surface area contributed by atoms with Crippen molar-refractivity contribution in [3.63, 3.8) is 0 Å². The molecule has 0 spiro atoms. The van der Waals surface area contributed by atoms with Gasteiger partial charge in [-0.15, -0.1) is 0 Å². The van der Waals surface area contributed by atoms with Crippen molar-refractivity contribution >= 4 is 28.2 Å². The number of hydrogen-bond acceptors (Lipinski definition) is 5. The lowest BCUT2D eigenvalue weighted by Crippen LogP contribution is -2.38. The van der Waals surface area contributed by atoms with Crippen LogP contribution < -0.4 is 14.5 Å². The number of carbonyl (C=O) groups excluding carboxylic acids is 1. The molecule has 0 saturated carbocycles. The summed E-state index contributed by atoms with van der Waals surface area (Å²) in [5.74, 6) is 0.495. The van der Waals surface area contributed by atoms with Gasteiger partial charge in [-0.3, -0.25) is 9.78 Å². The van der Waals surface area contributed by atoms with Gasteiger partial charge in [0.15, 0.2) is 6.61 Å². The van der Waals surface area contributed by atoms with E-state index in [2.05, 4.69) is 9.88 Å². The number of pyridine rings is 1. The van der Waals surface area contributed by atoms with Gasteiger partial charge in [-0.25, -0.2) is 0 Å². The minimum absolute atomic E-state index is 0.0520. The van der Waals surface area contributed by atoms with E-state index in [1.165, 1.54) is 0 Å². The number of para-hydroxylation sites is 3. The minimum atomic E-state index is -0.117. The second kappa shape index (κ2) is 8.27. The number of nitrogens with zero attached hydrogens (tertiary/aromatic N) is 3. The maximum Gasteiger partial charge on any atom is 0.264 e. The third kappa shape index (κ3) is 3.77. The summed E-state index contributed by atoms with van der Waals surface area (Å²) >= 11 is 0. The molecule has 144 valence electrons. The molecule has 0 atom stereocenters. The number of ether oxygens (including phenoxy) is 2. The van der Waals surface area contributed by atoms with E-state index in [1.807, 2.05) is 54.6 Å². The molecule has 0 N–H and O–H groups in total.